The van der Waals surface area contributed by atoms with E-state index in [4.69, 9.17) is 0 Å². The van der Waals surface area contributed by atoms with Crippen LogP contribution in [0.15, 0.2) is 24.4 Å². The Bertz CT molecular complexity index is 632. The van der Waals surface area contributed by atoms with E-state index in [9.17, 15) is 9.59 Å². The highest BCUT2D eigenvalue weighted by Gasteiger charge is 2.42. The summed E-state index contributed by atoms with van der Waals surface area (Å²) in [6.07, 6.45) is 5.43. The van der Waals surface area contributed by atoms with E-state index in [-0.39, 0.29) is 17.7 Å². The number of carbonyl (C=O) groups excluding carboxylic acids is 2. The van der Waals surface area contributed by atoms with Crippen LogP contribution in [0, 0.1) is 5.92 Å². The molecule has 3 aliphatic rings. The second-order valence-electron chi connectivity index (χ2n) is 7.45. The summed E-state index contributed by atoms with van der Waals surface area (Å²) in [4.78, 5) is 35.7. The number of hydrogen-bond donors (Lipinski definition) is 0. The molecule has 3 heterocycles. The Hall–Kier alpha value is -1.95. The fourth-order valence-corrected chi connectivity index (χ4v) is 3.96. The molecule has 1 atom stereocenters. The fraction of sp³-hybridized carbons (Fsp3) is 0.632. The maximum Gasteiger partial charge on any atom is 0.228 e. The van der Waals surface area contributed by atoms with Crippen molar-refractivity contribution < 1.29 is 9.59 Å². The van der Waals surface area contributed by atoms with E-state index in [2.05, 4.69) is 9.88 Å². The lowest BCUT2D eigenvalue weighted by molar-refractivity contribution is -0.135. The summed E-state index contributed by atoms with van der Waals surface area (Å²) in [5, 5.41) is 0. The van der Waals surface area contributed by atoms with Crippen LogP contribution in [0.4, 0.5) is 0 Å². The van der Waals surface area contributed by atoms with E-state index in [1.807, 2.05) is 34.2 Å². The van der Waals surface area contributed by atoms with Gasteiger partial charge in [0.1, 0.15) is 0 Å². The van der Waals surface area contributed by atoms with Crippen LogP contribution in [0.2, 0.25) is 0 Å². The molecule has 1 saturated carbocycles. The number of carbonyl (C=O) groups is 2. The molecule has 134 valence electrons. The molecule has 25 heavy (non-hydrogen) atoms. The van der Waals surface area contributed by atoms with Gasteiger partial charge < -0.3 is 9.80 Å². The number of nitrogens with zero attached hydrogens (tertiary/aromatic N) is 4. The molecule has 6 nitrogen and oxygen atoms in total. The van der Waals surface area contributed by atoms with Gasteiger partial charge in [-0.1, -0.05) is 6.07 Å². The minimum Gasteiger partial charge on any atom is -0.341 e. The lowest BCUT2D eigenvalue weighted by Gasteiger charge is -2.24. The minimum absolute atomic E-state index is 0.129. The Morgan fingerprint density at radius 1 is 1.16 bits per heavy atom. The normalized spacial score (nSPS) is 25.3. The summed E-state index contributed by atoms with van der Waals surface area (Å²) in [5.74, 6) is 0.221. The van der Waals surface area contributed by atoms with Crippen molar-refractivity contribution in [1.29, 1.82) is 0 Å². The van der Waals surface area contributed by atoms with E-state index < -0.39 is 0 Å². The second kappa shape index (κ2) is 7.12. The van der Waals surface area contributed by atoms with Gasteiger partial charge >= 0.3 is 0 Å². The second-order valence-corrected chi connectivity index (χ2v) is 7.45. The highest BCUT2D eigenvalue weighted by molar-refractivity contribution is 5.89. The van der Waals surface area contributed by atoms with Gasteiger partial charge in [-0.2, -0.15) is 0 Å². The van der Waals surface area contributed by atoms with Crippen molar-refractivity contribution in [3.63, 3.8) is 0 Å². The van der Waals surface area contributed by atoms with Crippen molar-refractivity contribution in [2.75, 3.05) is 32.7 Å². The average molecular weight is 342 g/mol. The predicted octanol–water partition coefficient (Wildman–Crippen LogP) is 1.13. The third-order valence-corrected chi connectivity index (χ3v) is 5.51. The van der Waals surface area contributed by atoms with Gasteiger partial charge in [-0.15, -0.1) is 0 Å². The van der Waals surface area contributed by atoms with Crippen LogP contribution in [-0.2, 0) is 16.1 Å². The minimum atomic E-state index is -0.129. The summed E-state index contributed by atoms with van der Waals surface area (Å²) in [6, 6.07) is 6.41. The zero-order valence-electron chi connectivity index (χ0n) is 14.6. The van der Waals surface area contributed by atoms with Crippen LogP contribution in [-0.4, -0.2) is 70.3 Å². The van der Waals surface area contributed by atoms with Gasteiger partial charge in [0.25, 0.3) is 0 Å². The molecule has 2 saturated heterocycles. The Kier molecular flexibility index (Phi) is 4.70. The van der Waals surface area contributed by atoms with Crippen LogP contribution in [0.1, 0.15) is 31.4 Å². The summed E-state index contributed by atoms with van der Waals surface area (Å²) in [5.41, 5.74) is 1.07. The first-order valence-electron chi connectivity index (χ1n) is 9.41. The Morgan fingerprint density at radius 2 is 2.04 bits per heavy atom. The summed E-state index contributed by atoms with van der Waals surface area (Å²) in [6.45, 7) is 4.87. The Morgan fingerprint density at radius 3 is 2.80 bits per heavy atom. The number of pyridine rings is 1. The van der Waals surface area contributed by atoms with Crippen LogP contribution in [0.3, 0.4) is 0 Å². The van der Waals surface area contributed by atoms with Crippen molar-refractivity contribution in [2.45, 2.75) is 38.3 Å². The number of aromatic nitrogens is 1. The smallest absolute Gasteiger partial charge is 0.228 e. The quantitative estimate of drug-likeness (QED) is 0.823. The molecular weight excluding hydrogens is 316 g/mol. The Labute approximate surface area is 148 Å². The Balaban J connectivity index is 1.31. The maximum atomic E-state index is 12.9. The number of amides is 2. The van der Waals surface area contributed by atoms with Gasteiger partial charge in [-0.05, 0) is 31.4 Å². The van der Waals surface area contributed by atoms with Crippen molar-refractivity contribution in [3.05, 3.63) is 30.1 Å². The van der Waals surface area contributed by atoms with Gasteiger partial charge in [0.15, 0.2) is 0 Å². The van der Waals surface area contributed by atoms with Gasteiger partial charge in [0.05, 0.1) is 11.6 Å². The lowest BCUT2D eigenvalue weighted by atomic mass is 10.1. The molecular formula is C19H26N4O2. The molecule has 0 spiro atoms. The van der Waals surface area contributed by atoms with Crippen LogP contribution >= 0.6 is 0 Å². The van der Waals surface area contributed by atoms with Gasteiger partial charge in [-0.25, -0.2) is 0 Å². The number of likely N-dealkylation sites (tertiary alicyclic amines) is 1. The largest absolute Gasteiger partial charge is 0.341 e. The highest BCUT2D eigenvalue weighted by atomic mass is 16.2. The van der Waals surface area contributed by atoms with E-state index in [0.29, 0.717) is 19.0 Å². The summed E-state index contributed by atoms with van der Waals surface area (Å²) < 4.78 is 0. The molecule has 1 aromatic rings. The standard InChI is InChI=1S/C19H26N4O2/c24-18-12-15(13-23(18)17-5-6-17)19(25)22-9-3-8-21(10-11-22)14-16-4-1-2-7-20-16/h1-2,4,7,15,17H,3,5-6,8-14H2/t15-/m1/s1. The molecule has 6 heteroatoms. The third kappa shape index (κ3) is 3.84. The molecule has 0 N–H and O–H groups in total. The molecule has 1 aliphatic carbocycles. The van der Waals surface area contributed by atoms with Crippen molar-refractivity contribution in [2.24, 2.45) is 5.92 Å². The fourth-order valence-electron chi connectivity index (χ4n) is 3.96. The SMILES string of the molecule is O=C([C@@H]1CC(=O)N(C2CC2)C1)N1CCCN(Cc2ccccn2)CC1. The average Bonchev–Trinajstić information content (AvgIpc) is 3.42. The van der Waals surface area contributed by atoms with Gasteiger partial charge in [0, 0.05) is 57.9 Å². The molecule has 0 aromatic carbocycles. The lowest BCUT2D eigenvalue weighted by Crippen LogP contribution is -2.40. The zero-order chi connectivity index (χ0) is 17.2. The molecule has 0 unspecified atom stereocenters. The highest BCUT2D eigenvalue weighted by Crippen LogP contribution is 2.33. The van der Waals surface area contributed by atoms with Crippen LogP contribution < -0.4 is 0 Å². The van der Waals surface area contributed by atoms with Crippen molar-refractivity contribution >= 4 is 11.8 Å². The molecule has 4 rings (SSSR count). The van der Waals surface area contributed by atoms with Crippen molar-refractivity contribution in [1.82, 2.24) is 19.7 Å². The molecule has 0 bridgehead atoms. The topological polar surface area (TPSA) is 56.8 Å². The molecule has 2 aliphatic heterocycles. The van der Waals surface area contributed by atoms with Crippen molar-refractivity contribution in [3.8, 4) is 0 Å². The predicted molar refractivity (Wildman–Crippen MR) is 93.6 cm³/mol. The van der Waals surface area contributed by atoms with Crippen LogP contribution in [0.25, 0.3) is 0 Å². The van der Waals surface area contributed by atoms with Gasteiger partial charge in [-0.3, -0.25) is 19.5 Å². The number of rotatable bonds is 4. The van der Waals surface area contributed by atoms with E-state index in [0.717, 1.165) is 57.7 Å². The number of hydrogen-bond acceptors (Lipinski definition) is 4. The summed E-state index contributed by atoms with van der Waals surface area (Å²) >= 11 is 0. The van der Waals surface area contributed by atoms with E-state index >= 15 is 0 Å². The van der Waals surface area contributed by atoms with E-state index in [1.54, 1.807) is 0 Å². The summed E-state index contributed by atoms with van der Waals surface area (Å²) in [7, 11) is 0. The molecule has 1 aromatic heterocycles. The van der Waals surface area contributed by atoms with E-state index in [1.165, 1.54) is 0 Å². The maximum absolute atomic E-state index is 12.9. The first kappa shape index (κ1) is 16.5. The third-order valence-electron chi connectivity index (χ3n) is 5.51. The first-order chi connectivity index (χ1) is 12.2. The monoisotopic (exact) mass is 342 g/mol. The zero-order valence-corrected chi connectivity index (χ0v) is 14.6. The molecule has 3 fully saturated rings. The first-order valence-corrected chi connectivity index (χ1v) is 9.41. The molecule has 0 radical (unpaired) electrons. The van der Waals surface area contributed by atoms with Gasteiger partial charge in [0.2, 0.25) is 11.8 Å². The van der Waals surface area contributed by atoms with Crippen LogP contribution in [0.5, 0.6) is 0 Å². The molecule has 2 amide bonds.